The largest absolute Gasteiger partial charge is 0.416 e. The highest BCUT2D eigenvalue weighted by molar-refractivity contribution is 5.28. The zero-order chi connectivity index (χ0) is 15.3. The summed E-state index contributed by atoms with van der Waals surface area (Å²) in [5.74, 6) is 0.185. The van der Waals surface area contributed by atoms with Crippen molar-refractivity contribution in [3.8, 4) is 0 Å². The molecule has 1 aromatic carbocycles. The van der Waals surface area contributed by atoms with Crippen molar-refractivity contribution < 1.29 is 22.6 Å². The van der Waals surface area contributed by atoms with E-state index < -0.39 is 11.7 Å². The molecule has 0 radical (unpaired) electrons. The maximum atomic E-state index is 12.8. The van der Waals surface area contributed by atoms with Gasteiger partial charge in [-0.05, 0) is 24.1 Å². The van der Waals surface area contributed by atoms with Gasteiger partial charge in [-0.2, -0.15) is 13.2 Å². The Morgan fingerprint density at radius 2 is 2.19 bits per heavy atom. The number of ether oxygens (including phenoxy) is 2. The molecule has 2 atom stereocenters. The van der Waals surface area contributed by atoms with Crippen LogP contribution in [0.25, 0.3) is 0 Å². The number of alkyl halides is 3. The van der Waals surface area contributed by atoms with Gasteiger partial charge < -0.3 is 14.8 Å². The van der Waals surface area contributed by atoms with Gasteiger partial charge in [-0.15, -0.1) is 0 Å². The van der Waals surface area contributed by atoms with Gasteiger partial charge in [0.1, 0.15) is 0 Å². The minimum Gasteiger partial charge on any atom is -0.383 e. The molecule has 1 heterocycles. The predicted molar refractivity (Wildman–Crippen MR) is 73.0 cm³/mol. The van der Waals surface area contributed by atoms with Crippen LogP contribution in [0.2, 0.25) is 0 Å². The number of halogens is 3. The fraction of sp³-hybridized carbons (Fsp3) is 0.600. The van der Waals surface area contributed by atoms with Crippen LogP contribution in [0, 0.1) is 5.92 Å². The van der Waals surface area contributed by atoms with Gasteiger partial charge in [0.25, 0.3) is 0 Å². The van der Waals surface area contributed by atoms with Crippen molar-refractivity contribution in [1.29, 1.82) is 0 Å². The average molecular weight is 303 g/mol. The van der Waals surface area contributed by atoms with E-state index in [2.05, 4.69) is 5.32 Å². The summed E-state index contributed by atoms with van der Waals surface area (Å²) in [5, 5.41) is 3.25. The standard InChI is InChI=1S/C15H20F3NO2/c1-20-8-6-19-10-12-5-7-21-14(12)11-3-2-4-13(9-11)15(16,17)18/h2-4,9,12,14,19H,5-8,10H2,1H3. The topological polar surface area (TPSA) is 30.5 Å². The second-order valence-corrected chi connectivity index (χ2v) is 5.16. The molecule has 1 N–H and O–H groups in total. The van der Waals surface area contributed by atoms with Crippen LogP contribution in [0.15, 0.2) is 24.3 Å². The molecule has 0 amide bonds. The first kappa shape index (κ1) is 16.3. The zero-order valence-electron chi connectivity index (χ0n) is 12.0. The van der Waals surface area contributed by atoms with Gasteiger partial charge in [-0.1, -0.05) is 12.1 Å². The van der Waals surface area contributed by atoms with Crippen molar-refractivity contribution in [3.63, 3.8) is 0 Å². The van der Waals surface area contributed by atoms with Crippen LogP contribution in [0.5, 0.6) is 0 Å². The minimum absolute atomic E-state index is 0.185. The van der Waals surface area contributed by atoms with Crippen LogP contribution in [-0.2, 0) is 15.7 Å². The molecule has 2 unspecified atom stereocenters. The van der Waals surface area contributed by atoms with Gasteiger partial charge in [-0.25, -0.2) is 0 Å². The molecule has 118 valence electrons. The first-order valence-corrected chi connectivity index (χ1v) is 7.01. The summed E-state index contributed by atoms with van der Waals surface area (Å²) in [6.07, 6.45) is -3.75. The van der Waals surface area contributed by atoms with Gasteiger partial charge in [0.15, 0.2) is 0 Å². The average Bonchev–Trinajstić information content (AvgIpc) is 2.91. The molecule has 0 spiro atoms. The molecule has 0 saturated carbocycles. The van der Waals surface area contributed by atoms with Crippen LogP contribution >= 0.6 is 0 Å². The molecule has 1 saturated heterocycles. The molecule has 1 fully saturated rings. The lowest BCUT2D eigenvalue weighted by atomic mass is 9.94. The van der Waals surface area contributed by atoms with Crippen LogP contribution < -0.4 is 5.32 Å². The van der Waals surface area contributed by atoms with Crippen molar-refractivity contribution >= 4 is 0 Å². The van der Waals surface area contributed by atoms with E-state index in [1.807, 2.05) is 0 Å². The molecule has 2 rings (SSSR count). The van der Waals surface area contributed by atoms with E-state index in [1.165, 1.54) is 12.1 Å². The summed E-state index contributed by atoms with van der Waals surface area (Å²) < 4.78 is 48.9. The van der Waals surface area contributed by atoms with Crippen LogP contribution in [-0.4, -0.2) is 33.4 Å². The van der Waals surface area contributed by atoms with E-state index in [4.69, 9.17) is 9.47 Å². The summed E-state index contributed by atoms with van der Waals surface area (Å²) in [6, 6.07) is 5.42. The number of rotatable bonds is 6. The Balaban J connectivity index is 2.02. The monoisotopic (exact) mass is 303 g/mol. The van der Waals surface area contributed by atoms with Gasteiger partial charge in [0.05, 0.1) is 18.3 Å². The van der Waals surface area contributed by atoms with Crippen LogP contribution in [0.1, 0.15) is 23.7 Å². The minimum atomic E-state index is -4.32. The smallest absolute Gasteiger partial charge is 0.383 e. The van der Waals surface area contributed by atoms with Crippen molar-refractivity contribution in [3.05, 3.63) is 35.4 Å². The molecule has 0 bridgehead atoms. The number of hydrogen-bond acceptors (Lipinski definition) is 3. The predicted octanol–water partition coefficient (Wildman–Crippen LogP) is 3.02. The number of benzene rings is 1. The third kappa shape index (κ3) is 4.43. The summed E-state index contributed by atoms with van der Waals surface area (Å²) in [6.45, 7) is 2.63. The normalized spacial score (nSPS) is 22.7. The lowest BCUT2D eigenvalue weighted by molar-refractivity contribution is -0.137. The SMILES string of the molecule is COCCNCC1CCOC1c1cccc(C(F)(F)F)c1. The van der Waals surface area contributed by atoms with E-state index in [-0.39, 0.29) is 12.0 Å². The third-order valence-electron chi connectivity index (χ3n) is 3.65. The first-order valence-electron chi connectivity index (χ1n) is 7.01. The summed E-state index contributed by atoms with van der Waals surface area (Å²) >= 11 is 0. The van der Waals surface area contributed by atoms with Crippen LogP contribution in [0.4, 0.5) is 13.2 Å². The molecule has 21 heavy (non-hydrogen) atoms. The second kappa shape index (κ2) is 7.24. The molecule has 0 aliphatic carbocycles. The number of hydrogen-bond donors (Lipinski definition) is 1. The Kier molecular flexibility index (Phi) is 5.61. The highest BCUT2D eigenvalue weighted by Gasteiger charge is 2.33. The molecule has 3 nitrogen and oxygen atoms in total. The molecule has 6 heteroatoms. The highest BCUT2D eigenvalue weighted by atomic mass is 19.4. The zero-order valence-corrected chi connectivity index (χ0v) is 12.0. The second-order valence-electron chi connectivity index (χ2n) is 5.16. The maximum absolute atomic E-state index is 12.8. The molecular formula is C15H20F3NO2. The molecule has 0 aromatic heterocycles. The summed E-state index contributed by atoms with van der Waals surface area (Å²) in [5.41, 5.74) is -0.0255. The molecular weight excluding hydrogens is 283 g/mol. The third-order valence-corrected chi connectivity index (χ3v) is 3.65. The van der Waals surface area contributed by atoms with E-state index in [0.29, 0.717) is 25.3 Å². The Morgan fingerprint density at radius 3 is 2.90 bits per heavy atom. The summed E-state index contributed by atoms with van der Waals surface area (Å²) in [4.78, 5) is 0. The molecule has 1 aromatic rings. The first-order chi connectivity index (χ1) is 10.0. The van der Waals surface area contributed by atoms with Crippen LogP contribution in [0.3, 0.4) is 0 Å². The highest BCUT2D eigenvalue weighted by Crippen LogP contribution is 2.37. The fourth-order valence-corrected chi connectivity index (χ4v) is 2.56. The van der Waals surface area contributed by atoms with Crippen molar-refractivity contribution in [2.45, 2.75) is 18.7 Å². The van der Waals surface area contributed by atoms with Crippen molar-refractivity contribution in [1.82, 2.24) is 5.32 Å². The number of methoxy groups -OCH3 is 1. The van der Waals surface area contributed by atoms with Gasteiger partial charge in [0.2, 0.25) is 0 Å². The summed E-state index contributed by atoms with van der Waals surface area (Å²) in [7, 11) is 1.63. The van der Waals surface area contributed by atoms with Crippen molar-refractivity contribution in [2.75, 3.05) is 33.4 Å². The molecule has 1 aliphatic heterocycles. The fourth-order valence-electron chi connectivity index (χ4n) is 2.56. The lowest BCUT2D eigenvalue weighted by Crippen LogP contribution is -2.27. The van der Waals surface area contributed by atoms with Gasteiger partial charge in [-0.3, -0.25) is 0 Å². The van der Waals surface area contributed by atoms with E-state index in [1.54, 1.807) is 13.2 Å². The quantitative estimate of drug-likeness (QED) is 0.820. The Hall–Kier alpha value is -1.11. The van der Waals surface area contributed by atoms with Crippen molar-refractivity contribution in [2.24, 2.45) is 5.92 Å². The maximum Gasteiger partial charge on any atom is 0.416 e. The Bertz CT molecular complexity index is 451. The molecule has 1 aliphatic rings. The Labute approximate surface area is 122 Å². The number of nitrogens with one attached hydrogen (secondary N) is 1. The lowest BCUT2D eigenvalue weighted by Gasteiger charge is -2.20. The van der Waals surface area contributed by atoms with Gasteiger partial charge >= 0.3 is 6.18 Å². The Morgan fingerprint density at radius 1 is 1.38 bits per heavy atom. The van der Waals surface area contributed by atoms with Gasteiger partial charge in [0, 0.05) is 32.7 Å². The van der Waals surface area contributed by atoms with E-state index in [0.717, 1.165) is 19.0 Å². The van der Waals surface area contributed by atoms with E-state index in [9.17, 15) is 13.2 Å². The van der Waals surface area contributed by atoms with E-state index >= 15 is 0 Å².